The lowest BCUT2D eigenvalue weighted by molar-refractivity contribution is -0.155. The van der Waals surface area contributed by atoms with Gasteiger partial charge in [0.25, 0.3) is 0 Å². The van der Waals surface area contributed by atoms with Gasteiger partial charge in [0, 0.05) is 25.0 Å². The SMILES string of the molecule is O=C(NC1CCCCCC1C(=O)N1CC(C(=O)O)C1)OCC1c2ccccc2-c2ccccc21. The molecular formula is C27H30N2O5. The molecule has 1 saturated heterocycles. The number of alkyl carbamates (subject to hydrolysis) is 1. The summed E-state index contributed by atoms with van der Waals surface area (Å²) in [5.41, 5.74) is 4.67. The number of nitrogens with one attached hydrogen (secondary N) is 1. The molecule has 2 aliphatic carbocycles. The Morgan fingerprint density at radius 1 is 0.912 bits per heavy atom. The summed E-state index contributed by atoms with van der Waals surface area (Å²) in [4.78, 5) is 38.6. The number of hydrogen-bond acceptors (Lipinski definition) is 4. The van der Waals surface area contributed by atoms with Crippen molar-refractivity contribution in [1.82, 2.24) is 10.2 Å². The number of carboxylic acid groups (broad SMARTS) is 1. The third-order valence-corrected chi connectivity index (χ3v) is 7.52. The van der Waals surface area contributed by atoms with E-state index in [1.54, 1.807) is 4.90 Å². The highest BCUT2D eigenvalue weighted by atomic mass is 16.5. The van der Waals surface area contributed by atoms with Crippen molar-refractivity contribution in [2.75, 3.05) is 19.7 Å². The fourth-order valence-corrected chi connectivity index (χ4v) is 5.62. The van der Waals surface area contributed by atoms with E-state index in [-0.39, 0.29) is 43.5 Å². The molecule has 7 nitrogen and oxygen atoms in total. The van der Waals surface area contributed by atoms with Gasteiger partial charge in [-0.15, -0.1) is 0 Å². The number of fused-ring (bicyclic) bond motifs is 3. The van der Waals surface area contributed by atoms with E-state index in [1.165, 1.54) is 11.1 Å². The molecule has 2 N–H and O–H groups in total. The smallest absolute Gasteiger partial charge is 0.407 e. The van der Waals surface area contributed by atoms with Crippen molar-refractivity contribution in [3.63, 3.8) is 0 Å². The van der Waals surface area contributed by atoms with E-state index in [1.807, 2.05) is 24.3 Å². The van der Waals surface area contributed by atoms with Crippen LogP contribution in [-0.2, 0) is 14.3 Å². The predicted molar refractivity (Wildman–Crippen MR) is 126 cm³/mol. The van der Waals surface area contributed by atoms with Crippen molar-refractivity contribution in [2.45, 2.75) is 44.1 Å². The lowest BCUT2D eigenvalue weighted by atomic mass is 9.90. The fourth-order valence-electron chi connectivity index (χ4n) is 5.62. The number of aliphatic carboxylic acids is 1. The maximum absolute atomic E-state index is 13.1. The summed E-state index contributed by atoms with van der Waals surface area (Å²) in [6.07, 6.45) is 3.80. The second kappa shape index (κ2) is 9.49. The second-order valence-electron chi connectivity index (χ2n) is 9.60. The third-order valence-electron chi connectivity index (χ3n) is 7.52. The number of benzene rings is 2. The van der Waals surface area contributed by atoms with Gasteiger partial charge in [-0.05, 0) is 35.1 Å². The molecule has 0 aromatic heterocycles. The molecule has 2 aromatic rings. The first-order valence-electron chi connectivity index (χ1n) is 12.2. The van der Waals surface area contributed by atoms with Crippen LogP contribution >= 0.6 is 0 Å². The Bertz CT molecular complexity index is 1050. The van der Waals surface area contributed by atoms with E-state index in [0.717, 1.165) is 36.8 Å². The van der Waals surface area contributed by atoms with E-state index >= 15 is 0 Å². The topological polar surface area (TPSA) is 95.9 Å². The number of carbonyl (C=O) groups excluding carboxylic acids is 2. The van der Waals surface area contributed by atoms with Crippen molar-refractivity contribution >= 4 is 18.0 Å². The number of hydrogen-bond donors (Lipinski definition) is 2. The Balaban J connectivity index is 1.23. The quantitative estimate of drug-likeness (QED) is 0.655. The maximum atomic E-state index is 13.1. The molecule has 2 aromatic carbocycles. The van der Waals surface area contributed by atoms with Gasteiger partial charge in [-0.3, -0.25) is 9.59 Å². The molecule has 3 aliphatic rings. The van der Waals surface area contributed by atoms with Gasteiger partial charge < -0.3 is 20.1 Å². The van der Waals surface area contributed by atoms with Gasteiger partial charge in [-0.25, -0.2) is 4.79 Å². The summed E-state index contributed by atoms with van der Waals surface area (Å²) >= 11 is 0. The molecule has 0 bridgehead atoms. The van der Waals surface area contributed by atoms with Crippen molar-refractivity contribution in [3.05, 3.63) is 59.7 Å². The van der Waals surface area contributed by atoms with Crippen molar-refractivity contribution < 1.29 is 24.2 Å². The van der Waals surface area contributed by atoms with Crippen molar-refractivity contribution in [2.24, 2.45) is 11.8 Å². The molecule has 7 heteroatoms. The van der Waals surface area contributed by atoms with Crippen LogP contribution in [0.2, 0.25) is 0 Å². The number of nitrogens with zero attached hydrogens (tertiary/aromatic N) is 1. The minimum absolute atomic E-state index is 0.0150. The zero-order valence-electron chi connectivity index (χ0n) is 19.1. The lowest BCUT2D eigenvalue weighted by Gasteiger charge is -2.40. The van der Waals surface area contributed by atoms with Gasteiger partial charge in [-0.1, -0.05) is 67.8 Å². The average molecular weight is 463 g/mol. The molecule has 0 radical (unpaired) electrons. The summed E-state index contributed by atoms with van der Waals surface area (Å²) in [6, 6.07) is 16.1. The summed E-state index contributed by atoms with van der Waals surface area (Å²) in [7, 11) is 0. The molecule has 1 aliphatic heterocycles. The lowest BCUT2D eigenvalue weighted by Crippen LogP contribution is -2.57. The summed E-state index contributed by atoms with van der Waals surface area (Å²) < 4.78 is 5.71. The van der Waals surface area contributed by atoms with E-state index < -0.39 is 18.0 Å². The standard InChI is InChI=1S/C27H30N2O5/c30-25(29-14-17(15-29)26(31)32)22-12-2-1-3-13-24(22)28-27(33)34-16-23-20-10-6-4-8-18(20)19-9-5-7-11-21(19)23/h4-11,17,22-24H,1-3,12-16H2,(H,28,33)(H,31,32). The normalized spacial score (nSPS) is 22.2. The molecule has 178 valence electrons. The highest BCUT2D eigenvalue weighted by Crippen LogP contribution is 2.44. The molecule has 34 heavy (non-hydrogen) atoms. The highest BCUT2D eigenvalue weighted by Gasteiger charge is 2.41. The van der Waals surface area contributed by atoms with Gasteiger partial charge in [0.15, 0.2) is 0 Å². The molecule has 0 spiro atoms. The average Bonchev–Trinajstić information content (AvgIpc) is 2.93. The van der Waals surface area contributed by atoms with Gasteiger partial charge >= 0.3 is 12.1 Å². The molecular weight excluding hydrogens is 432 g/mol. The molecule has 2 atom stereocenters. The predicted octanol–water partition coefficient (Wildman–Crippen LogP) is 4.02. The van der Waals surface area contributed by atoms with Crippen LogP contribution in [0.3, 0.4) is 0 Å². The number of likely N-dealkylation sites (tertiary alicyclic amines) is 1. The van der Waals surface area contributed by atoms with Crippen LogP contribution in [0.5, 0.6) is 0 Å². The second-order valence-corrected chi connectivity index (χ2v) is 9.60. The first kappa shape index (κ1) is 22.4. The summed E-state index contributed by atoms with van der Waals surface area (Å²) in [6.45, 7) is 0.738. The Hall–Kier alpha value is -3.35. The highest BCUT2D eigenvalue weighted by molar-refractivity contribution is 5.84. The summed E-state index contributed by atoms with van der Waals surface area (Å²) in [5, 5.41) is 12.1. The number of carboxylic acids is 1. The zero-order chi connectivity index (χ0) is 23.7. The molecule has 2 amide bonds. The molecule has 5 rings (SSSR count). The van der Waals surface area contributed by atoms with E-state index in [9.17, 15) is 14.4 Å². The first-order chi connectivity index (χ1) is 16.5. The van der Waals surface area contributed by atoms with E-state index in [4.69, 9.17) is 9.84 Å². The Kier molecular flexibility index (Phi) is 6.26. The van der Waals surface area contributed by atoms with Crippen LogP contribution in [0.4, 0.5) is 4.79 Å². The van der Waals surface area contributed by atoms with Crippen LogP contribution in [0.1, 0.15) is 49.1 Å². The van der Waals surface area contributed by atoms with Gasteiger partial charge in [-0.2, -0.15) is 0 Å². The fraction of sp³-hybridized carbons (Fsp3) is 0.444. The maximum Gasteiger partial charge on any atom is 0.407 e. The third kappa shape index (κ3) is 4.27. The number of ether oxygens (including phenoxy) is 1. The summed E-state index contributed by atoms with van der Waals surface area (Å²) in [5.74, 6) is -1.75. The minimum Gasteiger partial charge on any atom is -0.481 e. The monoisotopic (exact) mass is 462 g/mol. The van der Waals surface area contributed by atoms with Crippen LogP contribution in [-0.4, -0.2) is 53.7 Å². The van der Waals surface area contributed by atoms with Crippen LogP contribution in [0.25, 0.3) is 11.1 Å². The Labute approximate surface area is 199 Å². The van der Waals surface area contributed by atoms with Gasteiger partial charge in [0.05, 0.1) is 11.8 Å². The molecule has 2 unspecified atom stereocenters. The van der Waals surface area contributed by atoms with E-state index in [0.29, 0.717) is 6.42 Å². The minimum atomic E-state index is -0.863. The van der Waals surface area contributed by atoms with Crippen LogP contribution in [0.15, 0.2) is 48.5 Å². The molecule has 2 fully saturated rings. The first-order valence-corrected chi connectivity index (χ1v) is 12.2. The van der Waals surface area contributed by atoms with Crippen LogP contribution < -0.4 is 5.32 Å². The van der Waals surface area contributed by atoms with E-state index in [2.05, 4.69) is 29.6 Å². The van der Waals surface area contributed by atoms with Gasteiger partial charge in [0.1, 0.15) is 6.61 Å². The molecule has 1 heterocycles. The number of rotatable bonds is 5. The Morgan fingerprint density at radius 3 is 2.18 bits per heavy atom. The van der Waals surface area contributed by atoms with Crippen molar-refractivity contribution in [3.8, 4) is 11.1 Å². The Morgan fingerprint density at radius 2 is 1.53 bits per heavy atom. The number of carbonyl (C=O) groups is 3. The molecule has 1 saturated carbocycles. The van der Waals surface area contributed by atoms with Crippen molar-refractivity contribution in [1.29, 1.82) is 0 Å². The zero-order valence-corrected chi connectivity index (χ0v) is 19.1. The largest absolute Gasteiger partial charge is 0.481 e. The van der Waals surface area contributed by atoms with Gasteiger partial charge in [0.2, 0.25) is 5.91 Å². The van der Waals surface area contributed by atoms with Crippen LogP contribution in [0, 0.1) is 11.8 Å². The number of amides is 2.